The van der Waals surface area contributed by atoms with Crippen molar-refractivity contribution >= 4 is 34.4 Å². The van der Waals surface area contributed by atoms with E-state index in [0.717, 1.165) is 5.56 Å². The summed E-state index contributed by atoms with van der Waals surface area (Å²) in [6.07, 6.45) is 0. The summed E-state index contributed by atoms with van der Waals surface area (Å²) in [7, 11) is 0. The van der Waals surface area contributed by atoms with Crippen LogP contribution in [-0.4, -0.2) is 20.9 Å². The van der Waals surface area contributed by atoms with E-state index in [1.54, 1.807) is 45.9 Å². The van der Waals surface area contributed by atoms with Gasteiger partial charge in [0.25, 0.3) is 5.91 Å². The van der Waals surface area contributed by atoms with Crippen molar-refractivity contribution in [3.05, 3.63) is 35.2 Å². The topological polar surface area (TPSA) is 68.9 Å². The van der Waals surface area contributed by atoms with E-state index in [1.807, 2.05) is 0 Å². The van der Waals surface area contributed by atoms with Gasteiger partial charge in [0.15, 0.2) is 11.4 Å². The van der Waals surface area contributed by atoms with Crippen molar-refractivity contribution in [3.8, 4) is 0 Å². The fourth-order valence-electron chi connectivity index (χ4n) is 1.38. The maximum Gasteiger partial charge on any atom is 0.274 e. The smallest absolute Gasteiger partial charge is 0.274 e. The Balaban J connectivity index is 2.84. The molecule has 0 aliphatic carbocycles. The first-order valence-electron chi connectivity index (χ1n) is 6.42. The lowest BCUT2D eigenvalue weighted by atomic mass is 10.2. The van der Waals surface area contributed by atoms with E-state index in [4.69, 9.17) is 6.57 Å². The third kappa shape index (κ3) is 4.88. The number of carbonyl (C=O) groups excluding carboxylic acids is 1. The molecule has 0 bridgehead atoms. The van der Waals surface area contributed by atoms with E-state index in [-0.39, 0.29) is 5.71 Å². The number of amides is 1. The molecule has 1 aromatic rings. The standard InChI is InChI=1S/C15H19N3O2S/c1-10-9-12(7-8-13(10)16-6)17-14(19)11(2)18-21(20)15(3,4)5/h7-9H,1-5H3,(H,17,19)/b18-11+/t21-/m0/s1. The summed E-state index contributed by atoms with van der Waals surface area (Å²) in [5.74, 6) is -0.400. The molecule has 0 aromatic heterocycles. The number of carbonyl (C=O) groups is 1. The van der Waals surface area contributed by atoms with Crippen LogP contribution in [0.15, 0.2) is 22.6 Å². The molecule has 21 heavy (non-hydrogen) atoms. The number of hydrogen-bond donors (Lipinski definition) is 1. The summed E-state index contributed by atoms with van der Waals surface area (Å²) in [5.41, 5.74) is 2.08. The zero-order valence-corrected chi connectivity index (χ0v) is 13.7. The van der Waals surface area contributed by atoms with Gasteiger partial charge in [0, 0.05) is 5.69 Å². The first kappa shape index (κ1) is 17.2. The molecule has 1 aromatic carbocycles. The van der Waals surface area contributed by atoms with Crippen LogP contribution in [0.5, 0.6) is 0 Å². The van der Waals surface area contributed by atoms with Crippen molar-refractivity contribution < 1.29 is 9.35 Å². The number of nitrogens with zero attached hydrogens (tertiary/aromatic N) is 2. The predicted octanol–water partition coefficient (Wildman–Crippen LogP) is 3.41. The van der Waals surface area contributed by atoms with Gasteiger partial charge in [-0.2, -0.15) is 0 Å². The number of anilines is 1. The average Bonchev–Trinajstić information content (AvgIpc) is 2.37. The second kappa shape index (κ2) is 6.74. The minimum absolute atomic E-state index is 0.162. The van der Waals surface area contributed by atoms with Crippen molar-refractivity contribution in [1.29, 1.82) is 0 Å². The lowest BCUT2D eigenvalue weighted by molar-refractivity contribution is -0.110. The molecule has 5 nitrogen and oxygen atoms in total. The first-order valence-corrected chi connectivity index (χ1v) is 7.52. The van der Waals surface area contributed by atoms with Crippen molar-refractivity contribution in [2.45, 2.75) is 39.4 Å². The molecule has 0 aliphatic rings. The highest BCUT2D eigenvalue weighted by Crippen LogP contribution is 2.22. The second-order valence-corrected chi connectivity index (χ2v) is 7.51. The minimum Gasteiger partial charge on any atom is -0.591 e. The van der Waals surface area contributed by atoms with E-state index in [0.29, 0.717) is 11.4 Å². The molecule has 0 saturated carbocycles. The van der Waals surface area contributed by atoms with Gasteiger partial charge >= 0.3 is 0 Å². The molecule has 0 unspecified atom stereocenters. The van der Waals surface area contributed by atoms with Crippen molar-refractivity contribution in [2.24, 2.45) is 4.40 Å². The number of nitrogens with one attached hydrogen (secondary N) is 1. The Kier molecular flexibility index (Phi) is 5.53. The highest BCUT2D eigenvalue weighted by molar-refractivity contribution is 7.91. The summed E-state index contributed by atoms with van der Waals surface area (Å²) in [5, 5.41) is 2.68. The fourth-order valence-corrected chi connectivity index (χ4v) is 1.99. The lowest BCUT2D eigenvalue weighted by Crippen LogP contribution is -2.29. The number of benzene rings is 1. The molecule has 0 saturated heterocycles. The van der Waals surface area contributed by atoms with Crippen LogP contribution in [0.1, 0.15) is 33.3 Å². The molecule has 112 valence electrons. The monoisotopic (exact) mass is 305 g/mol. The van der Waals surface area contributed by atoms with Gasteiger partial charge in [-0.1, -0.05) is 10.5 Å². The number of hydrogen-bond acceptors (Lipinski definition) is 3. The quantitative estimate of drug-likeness (QED) is 0.528. The molecule has 1 rings (SSSR count). The Morgan fingerprint density at radius 2 is 2.05 bits per heavy atom. The Hall–Kier alpha value is -1.84. The number of aryl methyl sites for hydroxylation is 1. The first-order chi connectivity index (χ1) is 9.65. The van der Waals surface area contributed by atoms with Gasteiger partial charge in [-0.05, 0) is 52.3 Å². The van der Waals surface area contributed by atoms with Crippen molar-refractivity contribution in [2.75, 3.05) is 5.32 Å². The summed E-state index contributed by atoms with van der Waals surface area (Å²) < 4.78 is 15.3. The normalized spacial score (nSPS) is 13.5. The molecular formula is C15H19N3O2S. The third-order valence-electron chi connectivity index (χ3n) is 2.65. The van der Waals surface area contributed by atoms with Crippen LogP contribution >= 0.6 is 0 Å². The highest BCUT2D eigenvalue weighted by Gasteiger charge is 2.27. The predicted molar refractivity (Wildman–Crippen MR) is 87.1 cm³/mol. The van der Waals surface area contributed by atoms with Crippen LogP contribution in [0.2, 0.25) is 0 Å². The van der Waals surface area contributed by atoms with Crippen LogP contribution in [0.25, 0.3) is 4.85 Å². The average molecular weight is 305 g/mol. The van der Waals surface area contributed by atoms with Crippen LogP contribution in [0.3, 0.4) is 0 Å². The molecule has 0 fully saturated rings. The van der Waals surface area contributed by atoms with E-state index in [1.165, 1.54) is 6.92 Å². The molecule has 1 amide bonds. The van der Waals surface area contributed by atoms with E-state index >= 15 is 0 Å². The minimum atomic E-state index is -1.47. The van der Waals surface area contributed by atoms with Crippen LogP contribution in [0.4, 0.5) is 11.4 Å². The van der Waals surface area contributed by atoms with Crippen LogP contribution in [-0.2, 0) is 16.2 Å². The summed E-state index contributed by atoms with van der Waals surface area (Å²) in [6, 6.07) is 5.03. The van der Waals surface area contributed by atoms with Gasteiger partial charge in [-0.3, -0.25) is 4.79 Å². The molecule has 0 heterocycles. The van der Waals surface area contributed by atoms with Crippen molar-refractivity contribution in [3.63, 3.8) is 0 Å². The van der Waals surface area contributed by atoms with Gasteiger partial charge in [0.05, 0.1) is 6.57 Å². The number of rotatable bonds is 3. The van der Waals surface area contributed by atoms with Crippen LogP contribution in [0, 0.1) is 13.5 Å². The van der Waals surface area contributed by atoms with Gasteiger partial charge in [0.2, 0.25) is 0 Å². The zero-order chi connectivity index (χ0) is 16.2. The van der Waals surface area contributed by atoms with E-state index < -0.39 is 22.0 Å². The van der Waals surface area contributed by atoms with Gasteiger partial charge < -0.3 is 9.87 Å². The third-order valence-corrected chi connectivity index (χ3v) is 4.13. The molecule has 0 spiro atoms. The van der Waals surface area contributed by atoms with E-state index in [2.05, 4.69) is 14.6 Å². The van der Waals surface area contributed by atoms with Gasteiger partial charge in [-0.25, -0.2) is 4.85 Å². The Labute approximate surface area is 128 Å². The second-order valence-electron chi connectivity index (χ2n) is 5.61. The van der Waals surface area contributed by atoms with Gasteiger partial charge in [0.1, 0.15) is 16.1 Å². The molecular weight excluding hydrogens is 286 g/mol. The molecule has 0 radical (unpaired) electrons. The summed E-state index contributed by atoms with van der Waals surface area (Å²) in [4.78, 5) is 15.4. The molecule has 1 atom stereocenters. The largest absolute Gasteiger partial charge is 0.591 e. The molecule has 0 aliphatic heterocycles. The SMILES string of the molecule is [C-]#[N+]c1ccc(NC(=O)/C(C)=N/[S@@+]([O-])C(C)(C)C)cc1C. The van der Waals surface area contributed by atoms with Crippen LogP contribution < -0.4 is 5.32 Å². The maximum absolute atomic E-state index is 12.0. The lowest BCUT2D eigenvalue weighted by Gasteiger charge is -2.18. The molecule has 1 N–H and O–H groups in total. The summed E-state index contributed by atoms with van der Waals surface area (Å²) in [6.45, 7) is 15.7. The summed E-state index contributed by atoms with van der Waals surface area (Å²) >= 11 is -1.47. The fraction of sp³-hybridized carbons (Fsp3) is 0.400. The maximum atomic E-state index is 12.0. The Morgan fingerprint density at radius 3 is 2.52 bits per heavy atom. The molecule has 6 heteroatoms. The van der Waals surface area contributed by atoms with Gasteiger partial charge in [-0.15, -0.1) is 0 Å². The highest BCUT2D eigenvalue weighted by atomic mass is 32.2. The Bertz CT molecular complexity index is 612. The van der Waals surface area contributed by atoms with E-state index in [9.17, 15) is 9.35 Å². The zero-order valence-electron chi connectivity index (χ0n) is 12.9. The van der Waals surface area contributed by atoms with Crippen molar-refractivity contribution in [1.82, 2.24) is 0 Å². The Morgan fingerprint density at radius 1 is 1.43 bits per heavy atom.